The van der Waals surface area contributed by atoms with Crippen molar-refractivity contribution in [2.45, 2.75) is 46.5 Å². The summed E-state index contributed by atoms with van der Waals surface area (Å²) < 4.78 is 29.1. The van der Waals surface area contributed by atoms with Gasteiger partial charge in [0.15, 0.2) is 0 Å². The van der Waals surface area contributed by atoms with E-state index in [1.54, 1.807) is 4.31 Å². The van der Waals surface area contributed by atoms with E-state index in [1.165, 1.54) is 4.31 Å². The molecule has 2 saturated heterocycles. The predicted octanol–water partition coefficient (Wildman–Crippen LogP) is 2.93. The number of benzene rings is 1. The molecule has 1 amide bonds. The fourth-order valence-electron chi connectivity index (χ4n) is 3.87. The number of anilines is 1. The highest BCUT2D eigenvalue weighted by Gasteiger charge is 2.37. The summed E-state index contributed by atoms with van der Waals surface area (Å²) in [5.74, 6) is 0.182. The molecular weight excluding hydrogens is 362 g/mol. The van der Waals surface area contributed by atoms with E-state index in [0.29, 0.717) is 32.0 Å². The number of aryl methyl sites for hydroxylation is 1. The molecule has 0 spiro atoms. The Bertz CT molecular complexity index is 786. The Morgan fingerprint density at radius 2 is 1.78 bits per heavy atom. The summed E-state index contributed by atoms with van der Waals surface area (Å²) in [7, 11) is -3.48. The van der Waals surface area contributed by atoms with E-state index in [2.05, 4.69) is 12.2 Å². The molecule has 1 aromatic rings. The van der Waals surface area contributed by atoms with Gasteiger partial charge in [-0.1, -0.05) is 19.1 Å². The normalized spacial score (nSPS) is 23.3. The molecule has 150 valence electrons. The van der Waals surface area contributed by atoms with Gasteiger partial charge in [-0.25, -0.2) is 0 Å². The largest absolute Gasteiger partial charge is 0.326 e. The number of piperidine rings is 2. The number of carbonyl (C=O) groups is 1. The summed E-state index contributed by atoms with van der Waals surface area (Å²) in [4.78, 5) is 12.8. The van der Waals surface area contributed by atoms with Gasteiger partial charge in [-0.05, 0) is 62.6 Å². The molecule has 0 saturated carbocycles. The molecule has 2 fully saturated rings. The summed E-state index contributed by atoms with van der Waals surface area (Å²) in [5, 5.41) is 3.00. The van der Waals surface area contributed by atoms with Crippen molar-refractivity contribution in [3.63, 3.8) is 0 Å². The zero-order valence-corrected chi connectivity index (χ0v) is 17.4. The van der Waals surface area contributed by atoms with E-state index >= 15 is 0 Å². The Labute approximate surface area is 163 Å². The lowest BCUT2D eigenvalue weighted by molar-refractivity contribution is -0.120. The van der Waals surface area contributed by atoms with E-state index < -0.39 is 10.2 Å². The van der Waals surface area contributed by atoms with Crippen LogP contribution < -0.4 is 5.32 Å². The second-order valence-corrected chi connectivity index (χ2v) is 9.95. The highest BCUT2D eigenvalue weighted by molar-refractivity contribution is 7.86. The standard InChI is InChI=1S/C20H31N3O3S/c1-15-9-12-22(13-10-15)27(25,26)23-11-5-7-18(14-23)20(24)21-19-8-4-6-16(2)17(19)3/h4,6,8,15,18H,5,7,9-14H2,1-3H3,(H,21,24). The third-order valence-corrected chi connectivity index (χ3v) is 8.01. The first kappa shape index (κ1) is 20.3. The van der Waals surface area contributed by atoms with Crippen LogP contribution in [0.1, 0.15) is 43.7 Å². The summed E-state index contributed by atoms with van der Waals surface area (Å²) in [6.07, 6.45) is 3.25. The highest BCUT2D eigenvalue weighted by atomic mass is 32.2. The quantitative estimate of drug-likeness (QED) is 0.855. The van der Waals surface area contributed by atoms with E-state index in [1.807, 2.05) is 32.0 Å². The molecule has 2 heterocycles. The van der Waals surface area contributed by atoms with Crippen molar-refractivity contribution in [1.29, 1.82) is 0 Å². The van der Waals surface area contributed by atoms with E-state index in [-0.39, 0.29) is 18.4 Å². The van der Waals surface area contributed by atoms with Crippen LogP contribution in [-0.4, -0.2) is 49.1 Å². The minimum absolute atomic E-state index is 0.0872. The van der Waals surface area contributed by atoms with Crippen molar-refractivity contribution in [3.8, 4) is 0 Å². The summed E-state index contributed by atoms with van der Waals surface area (Å²) in [5.41, 5.74) is 2.98. The summed E-state index contributed by atoms with van der Waals surface area (Å²) in [6.45, 7) is 8.10. The van der Waals surface area contributed by atoms with Gasteiger partial charge in [0, 0.05) is 31.9 Å². The van der Waals surface area contributed by atoms with Crippen LogP contribution in [0.2, 0.25) is 0 Å². The number of nitrogens with zero attached hydrogens (tertiary/aromatic N) is 2. The van der Waals surface area contributed by atoms with Crippen LogP contribution in [-0.2, 0) is 15.0 Å². The first-order valence-corrected chi connectivity index (χ1v) is 11.3. The zero-order chi connectivity index (χ0) is 19.6. The zero-order valence-electron chi connectivity index (χ0n) is 16.6. The monoisotopic (exact) mass is 393 g/mol. The maximum atomic E-state index is 13.0. The molecule has 0 aliphatic carbocycles. The van der Waals surface area contributed by atoms with E-state index in [4.69, 9.17) is 0 Å². The van der Waals surface area contributed by atoms with Crippen LogP contribution in [0.5, 0.6) is 0 Å². The fraction of sp³-hybridized carbons (Fsp3) is 0.650. The van der Waals surface area contributed by atoms with Gasteiger partial charge >= 0.3 is 0 Å². The molecule has 2 aliphatic rings. The van der Waals surface area contributed by atoms with Crippen molar-refractivity contribution < 1.29 is 13.2 Å². The van der Waals surface area contributed by atoms with Gasteiger partial charge in [0.1, 0.15) is 0 Å². The number of hydrogen-bond donors (Lipinski definition) is 1. The number of amides is 1. The third-order valence-electron chi connectivity index (χ3n) is 6.01. The van der Waals surface area contributed by atoms with Crippen LogP contribution in [0, 0.1) is 25.7 Å². The van der Waals surface area contributed by atoms with Gasteiger partial charge in [0.25, 0.3) is 10.2 Å². The van der Waals surface area contributed by atoms with Gasteiger partial charge in [-0.15, -0.1) is 0 Å². The van der Waals surface area contributed by atoms with E-state index in [0.717, 1.165) is 36.1 Å². The Kier molecular flexibility index (Phi) is 6.23. The molecular formula is C20H31N3O3S. The minimum atomic E-state index is -3.48. The van der Waals surface area contributed by atoms with Crippen molar-refractivity contribution >= 4 is 21.8 Å². The van der Waals surface area contributed by atoms with Crippen molar-refractivity contribution in [2.24, 2.45) is 11.8 Å². The summed E-state index contributed by atoms with van der Waals surface area (Å²) in [6, 6.07) is 5.83. The first-order chi connectivity index (χ1) is 12.8. The molecule has 1 N–H and O–H groups in total. The van der Waals surface area contributed by atoms with Gasteiger partial charge in [0.05, 0.1) is 5.92 Å². The fourth-order valence-corrected chi connectivity index (χ4v) is 5.59. The molecule has 3 rings (SSSR count). The van der Waals surface area contributed by atoms with Gasteiger partial charge < -0.3 is 5.32 Å². The maximum absolute atomic E-state index is 13.0. The molecule has 27 heavy (non-hydrogen) atoms. The second-order valence-electron chi connectivity index (χ2n) is 8.02. The van der Waals surface area contributed by atoms with Gasteiger partial charge in [-0.2, -0.15) is 17.0 Å². The van der Waals surface area contributed by atoms with Gasteiger partial charge in [-0.3, -0.25) is 4.79 Å². The molecule has 6 nitrogen and oxygen atoms in total. The lowest BCUT2D eigenvalue weighted by atomic mass is 9.98. The molecule has 1 atom stereocenters. The number of hydrogen-bond acceptors (Lipinski definition) is 3. The first-order valence-electron chi connectivity index (χ1n) is 9.91. The molecule has 1 aromatic carbocycles. The van der Waals surface area contributed by atoms with Crippen molar-refractivity contribution in [2.75, 3.05) is 31.5 Å². The van der Waals surface area contributed by atoms with Crippen LogP contribution in [0.15, 0.2) is 18.2 Å². The Hall–Kier alpha value is -1.44. The van der Waals surface area contributed by atoms with Crippen LogP contribution in [0.25, 0.3) is 0 Å². The molecule has 0 aromatic heterocycles. The second kappa shape index (κ2) is 8.29. The number of carbonyl (C=O) groups excluding carboxylic acids is 1. The van der Waals surface area contributed by atoms with Gasteiger partial charge in [0.2, 0.25) is 5.91 Å². The number of rotatable bonds is 4. The average Bonchev–Trinajstić information content (AvgIpc) is 2.66. The maximum Gasteiger partial charge on any atom is 0.281 e. The van der Waals surface area contributed by atoms with Crippen LogP contribution in [0.3, 0.4) is 0 Å². The molecule has 7 heteroatoms. The van der Waals surface area contributed by atoms with E-state index in [9.17, 15) is 13.2 Å². The third kappa shape index (κ3) is 4.52. The van der Waals surface area contributed by atoms with Crippen molar-refractivity contribution in [3.05, 3.63) is 29.3 Å². The Morgan fingerprint density at radius 3 is 2.48 bits per heavy atom. The predicted molar refractivity (Wildman–Crippen MR) is 108 cm³/mol. The lowest BCUT2D eigenvalue weighted by Gasteiger charge is -2.37. The Morgan fingerprint density at radius 1 is 1.07 bits per heavy atom. The molecule has 1 unspecified atom stereocenters. The SMILES string of the molecule is Cc1cccc(NC(=O)C2CCCN(S(=O)(=O)N3CCC(C)CC3)C2)c1C. The number of nitrogens with one attached hydrogen (secondary N) is 1. The topological polar surface area (TPSA) is 69.7 Å². The van der Waals surface area contributed by atoms with Crippen LogP contribution >= 0.6 is 0 Å². The molecule has 0 bridgehead atoms. The van der Waals surface area contributed by atoms with Crippen LogP contribution in [0.4, 0.5) is 5.69 Å². The molecule has 2 aliphatic heterocycles. The molecule has 0 radical (unpaired) electrons. The van der Waals surface area contributed by atoms with Crippen molar-refractivity contribution in [1.82, 2.24) is 8.61 Å². The smallest absolute Gasteiger partial charge is 0.281 e. The minimum Gasteiger partial charge on any atom is -0.326 e. The Balaban J connectivity index is 1.66. The lowest BCUT2D eigenvalue weighted by Crippen LogP contribution is -2.51. The highest BCUT2D eigenvalue weighted by Crippen LogP contribution is 2.26. The average molecular weight is 394 g/mol. The summed E-state index contributed by atoms with van der Waals surface area (Å²) >= 11 is 0.